The zero-order valence-corrected chi connectivity index (χ0v) is 19.9. The van der Waals surface area contributed by atoms with E-state index in [4.69, 9.17) is 18.9 Å². The van der Waals surface area contributed by atoms with Crippen molar-refractivity contribution >= 4 is 11.9 Å². The number of esters is 2. The highest BCUT2D eigenvalue weighted by Gasteiger charge is 2.44. The van der Waals surface area contributed by atoms with Crippen LogP contribution in [0.25, 0.3) is 0 Å². The lowest BCUT2D eigenvalue weighted by atomic mass is 9.99. The second kappa shape index (κ2) is 17.2. The van der Waals surface area contributed by atoms with Crippen molar-refractivity contribution in [2.75, 3.05) is 19.8 Å². The second-order valence-electron chi connectivity index (χ2n) is 8.45. The van der Waals surface area contributed by atoms with E-state index in [1.807, 2.05) is 6.92 Å². The molecule has 1 fully saturated rings. The molecule has 0 bridgehead atoms. The molecule has 1 saturated heterocycles. The summed E-state index contributed by atoms with van der Waals surface area (Å²) in [6.07, 6.45) is -0.106. The number of hydrogen-bond donors (Lipinski definition) is 4. The summed E-state index contributed by atoms with van der Waals surface area (Å²) < 4.78 is 21.4. The van der Waals surface area contributed by atoms with Crippen LogP contribution < -0.4 is 0 Å². The Hall–Kier alpha value is -1.30. The van der Waals surface area contributed by atoms with Crippen LogP contribution in [0.5, 0.6) is 0 Å². The monoisotopic (exact) mass is 478 g/mol. The molecule has 1 aliphatic rings. The lowest BCUT2D eigenvalue weighted by molar-refractivity contribution is -0.305. The third-order valence-corrected chi connectivity index (χ3v) is 5.49. The molecule has 0 aromatic rings. The maximum atomic E-state index is 12.1. The topological polar surface area (TPSA) is 152 Å². The van der Waals surface area contributed by atoms with Crippen LogP contribution in [0.2, 0.25) is 0 Å². The van der Waals surface area contributed by atoms with E-state index in [0.717, 1.165) is 44.9 Å². The molecular weight excluding hydrogens is 436 g/mol. The van der Waals surface area contributed by atoms with Gasteiger partial charge in [-0.2, -0.15) is 0 Å². The summed E-state index contributed by atoms with van der Waals surface area (Å²) in [7, 11) is 0. The number of aliphatic hydroxyl groups excluding tert-OH is 4. The van der Waals surface area contributed by atoms with E-state index >= 15 is 0 Å². The SMILES string of the molecule is CCCCCCCC(=O)OC[C@H](CO[C@@H]1O[C@H](CO)[C@H](O)[C@H](O)[C@H]1O)OC(=O)CCCCC. The Morgan fingerprint density at radius 2 is 1.42 bits per heavy atom. The first-order chi connectivity index (χ1) is 15.8. The molecule has 10 nitrogen and oxygen atoms in total. The number of unbranched alkanes of at least 4 members (excludes halogenated alkanes) is 6. The summed E-state index contributed by atoms with van der Waals surface area (Å²) in [5.41, 5.74) is 0. The molecule has 0 aromatic carbocycles. The van der Waals surface area contributed by atoms with Gasteiger partial charge < -0.3 is 39.4 Å². The fraction of sp³-hybridized carbons (Fsp3) is 0.913. The summed E-state index contributed by atoms with van der Waals surface area (Å²) in [5, 5.41) is 39.1. The first-order valence-electron chi connectivity index (χ1n) is 12.1. The van der Waals surface area contributed by atoms with Gasteiger partial charge in [0.1, 0.15) is 31.0 Å². The number of aliphatic hydroxyl groups is 4. The van der Waals surface area contributed by atoms with Crippen LogP contribution in [0, 0.1) is 0 Å². The van der Waals surface area contributed by atoms with E-state index in [1.54, 1.807) is 0 Å². The van der Waals surface area contributed by atoms with Crippen LogP contribution in [0.15, 0.2) is 0 Å². The molecule has 33 heavy (non-hydrogen) atoms. The Bertz CT molecular complexity index is 541. The molecule has 0 aliphatic carbocycles. The largest absolute Gasteiger partial charge is 0.462 e. The van der Waals surface area contributed by atoms with Crippen molar-refractivity contribution in [2.45, 2.75) is 115 Å². The van der Waals surface area contributed by atoms with Gasteiger partial charge in [0.15, 0.2) is 12.4 Å². The Morgan fingerprint density at radius 3 is 2.09 bits per heavy atom. The average molecular weight is 479 g/mol. The molecule has 6 atom stereocenters. The Kier molecular flexibility index (Phi) is 15.5. The highest BCUT2D eigenvalue weighted by molar-refractivity contribution is 5.70. The van der Waals surface area contributed by atoms with Crippen LogP contribution in [-0.4, -0.2) is 89.0 Å². The standard InChI is InChI=1S/C23H42O10/c1-3-5-7-8-10-11-18(25)30-14-16(32-19(26)12-9-6-4-2)15-31-23-22(29)21(28)20(27)17(13-24)33-23/h16-17,20-24,27-29H,3-15H2,1-2H3/t16-,17-,20+,21+,22-,23-/m1/s1. The van der Waals surface area contributed by atoms with Crippen molar-refractivity contribution in [2.24, 2.45) is 0 Å². The average Bonchev–Trinajstić information content (AvgIpc) is 2.80. The van der Waals surface area contributed by atoms with Crippen molar-refractivity contribution in [3.05, 3.63) is 0 Å². The minimum absolute atomic E-state index is 0.218. The summed E-state index contributed by atoms with van der Waals surface area (Å²) in [5.74, 6) is -0.854. The molecule has 1 aliphatic heterocycles. The Balaban J connectivity index is 2.58. The number of rotatable bonds is 17. The van der Waals surface area contributed by atoms with E-state index in [2.05, 4.69) is 6.92 Å². The number of ether oxygens (including phenoxy) is 4. The first kappa shape index (κ1) is 29.7. The normalized spacial score (nSPS) is 26.1. The van der Waals surface area contributed by atoms with Gasteiger partial charge in [0.2, 0.25) is 0 Å². The lowest BCUT2D eigenvalue weighted by Gasteiger charge is -2.39. The number of hydrogen-bond acceptors (Lipinski definition) is 10. The van der Waals surface area contributed by atoms with Crippen LogP contribution in [0.4, 0.5) is 0 Å². The molecule has 4 N–H and O–H groups in total. The van der Waals surface area contributed by atoms with Crippen molar-refractivity contribution in [1.82, 2.24) is 0 Å². The van der Waals surface area contributed by atoms with Crippen molar-refractivity contribution < 1.29 is 49.0 Å². The molecule has 0 unspecified atom stereocenters. The van der Waals surface area contributed by atoms with Crippen molar-refractivity contribution in [1.29, 1.82) is 0 Å². The molecule has 1 rings (SSSR count). The maximum absolute atomic E-state index is 12.1. The minimum Gasteiger partial charge on any atom is -0.462 e. The zero-order valence-electron chi connectivity index (χ0n) is 19.9. The van der Waals surface area contributed by atoms with E-state index in [1.165, 1.54) is 0 Å². The van der Waals surface area contributed by atoms with E-state index in [0.29, 0.717) is 6.42 Å². The first-order valence-corrected chi connectivity index (χ1v) is 12.1. The fourth-order valence-electron chi connectivity index (χ4n) is 3.42. The highest BCUT2D eigenvalue weighted by Crippen LogP contribution is 2.22. The predicted octanol–water partition coefficient (Wildman–Crippen LogP) is 1.20. The van der Waals surface area contributed by atoms with Gasteiger partial charge >= 0.3 is 11.9 Å². The maximum Gasteiger partial charge on any atom is 0.306 e. The van der Waals surface area contributed by atoms with Gasteiger partial charge in [-0.15, -0.1) is 0 Å². The molecule has 194 valence electrons. The van der Waals surface area contributed by atoms with E-state index < -0.39 is 55.4 Å². The van der Waals surface area contributed by atoms with Gasteiger partial charge in [-0.25, -0.2) is 0 Å². The Labute approximate surface area is 196 Å². The van der Waals surface area contributed by atoms with Gasteiger partial charge in [0.05, 0.1) is 13.2 Å². The van der Waals surface area contributed by atoms with E-state index in [9.17, 15) is 30.0 Å². The van der Waals surface area contributed by atoms with Gasteiger partial charge in [-0.05, 0) is 12.8 Å². The summed E-state index contributed by atoms with van der Waals surface area (Å²) in [6, 6.07) is 0. The molecule has 0 aromatic heterocycles. The summed E-state index contributed by atoms with van der Waals surface area (Å²) in [4.78, 5) is 24.2. The summed E-state index contributed by atoms with van der Waals surface area (Å²) in [6.45, 7) is 3.06. The number of carbonyl (C=O) groups is 2. The molecule has 1 heterocycles. The van der Waals surface area contributed by atoms with Gasteiger partial charge in [0, 0.05) is 12.8 Å². The van der Waals surface area contributed by atoms with Crippen molar-refractivity contribution in [3.8, 4) is 0 Å². The molecule has 0 saturated carbocycles. The minimum atomic E-state index is -1.58. The van der Waals surface area contributed by atoms with Crippen LogP contribution >= 0.6 is 0 Å². The molecule has 0 amide bonds. The van der Waals surface area contributed by atoms with Crippen LogP contribution in [0.1, 0.15) is 78.1 Å². The molecule has 0 spiro atoms. The molecular formula is C23H42O10. The lowest BCUT2D eigenvalue weighted by Crippen LogP contribution is -2.59. The third kappa shape index (κ3) is 11.6. The van der Waals surface area contributed by atoms with E-state index in [-0.39, 0.29) is 26.1 Å². The second-order valence-corrected chi connectivity index (χ2v) is 8.45. The van der Waals surface area contributed by atoms with Crippen LogP contribution in [0.3, 0.4) is 0 Å². The van der Waals surface area contributed by atoms with Gasteiger partial charge in [-0.3, -0.25) is 9.59 Å². The van der Waals surface area contributed by atoms with Gasteiger partial charge in [0.25, 0.3) is 0 Å². The highest BCUT2D eigenvalue weighted by atomic mass is 16.7. The fourth-order valence-corrected chi connectivity index (χ4v) is 3.42. The third-order valence-electron chi connectivity index (χ3n) is 5.49. The summed E-state index contributed by atoms with van der Waals surface area (Å²) >= 11 is 0. The van der Waals surface area contributed by atoms with Crippen LogP contribution in [-0.2, 0) is 28.5 Å². The zero-order chi connectivity index (χ0) is 24.6. The predicted molar refractivity (Wildman–Crippen MR) is 118 cm³/mol. The molecule has 10 heteroatoms. The van der Waals surface area contributed by atoms with Crippen molar-refractivity contribution in [3.63, 3.8) is 0 Å². The van der Waals surface area contributed by atoms with Gasteiger partial charge in [-0.1, -0.05) is 52.4 Å². The Morgan fingerprint density at radius 1 is 0.818 bits per heavy atom. The number of carbonyl (C=O) groups excluding carboxylic acids is 2. The quantitative estimate of drug-likeness (QED) is 0.177. The molecule has 0 radical (unpaired) electrons. The smallest absolute Gasteiger partial charge is 0.306 e.